The molecule has 3 aliphatic heterocycles. The Bertz CT molecular complexity index is 423. The molecule has 4 nitrogen and oxygen atoms in total. The Labute approximate surface area is 105 Å². The molecule has 3 saturated heterocycles. The molecule has 1 amide bonds. The Morgan fingerprint density at radius 2 is 2.24 bits per heavy atom. The highest BCUT2D eigenvalue weighted by atomic mass is 32.1. The number of nitrogens with zero attached hydrogens (tertiary/aromatic N) is 1. The molecule has 1 atom stereocenters. The van der Waals surface area contributed by atoms with Crippen LogP contribution in [0.25, 0.3) is 0 Å². The number of thiophene rings is 1. The van der Waals surface area contributed by atoms with Crippen molar-refractivity contribution in [2.75, 3.05) is 25.4 Å². The maximum absolute atomic E-state index is 12.1. The van der Waals surface area contributed by atoms with E-state index in [4.69, 9.17) is 5.73 Å². The third-order valence-electron chi connectivity index (χ3n) is 3.87. The Balaban J connectivity index is 1.68. The zero-order valence-corrected chi connectivity index (χ0v) is 10.5. The minimum atomic E-state index is -0.00347. The Kier molecular flexibility index (Phi) is 2.80. The van der Waals surface area contributed by atoms with E-state index >= 15 is 0 Å². The Morgan fingerprint density at radius 3 is 2.76 bits per heavy atom. The highest BCUT2D eigenvalue weighted by Crippen LogP contribution is 2.28. The molecule has 2 bridgehead atoms. The quantitative estimate of drug-likeness (QED) is 0.829. The highest BCUT2D eigenvalue weighted by Gasteiger charge is 2.35. The predicted molar refractivity (Wildman–Crippen MR) is 69.1 cm³/mol. The summed E-state index contributed by atoms with van der Waals surface area (Å²) in [6.45, 7) is 3.39. The smallest absolute Gasteiger partial charge is 0.263 e. The van der Waals surface area contributed by atoms with Gasteiger partial charge in [0.1, 0.15) is 4.88 Å². The first-order valence-electron chi connectivity index (χ1n) is 6.10. The summed E-state index contributed by atoms with van der Waals surface area (Å²) in [6, 6.07) is 2.10. The number of hydrogen-bond acceptors (Lipinski definition) is 4. The summed E-state index contributed by atoms with van der Waals surface area (Å²) in [7, 11) is 0. The molecular weight excluding hydrogens is 234 g/mol. The standard InChI is InChI=1S/C12H17N3OS/c13-9-3-6-17-11(9)12(16)14-10-7-15-4-1-8(10)2-5-15/h3,6,8,10H,1-2,4-5,7,13H2,(H,14,16). The van der Waals surface area contributed by atoms with Gasteiger partial charge in [-0.1, -0.05) is 0 Å². The van der Waals surface area contributed by atoms with Gasteiger partial charge in [-0.2, -0.15) is 0 Å². The molecule has 3 N–H and O–H groups in total. The van der Waals surface area contributed by atoms with Gasteiger partial charge in [-0.15, -0.1) is 11.3 Å². The number of carbonyl (C=O) groups excluding carboxylic acids is 1. The number of amides is 1. The Morgan fingerprint density at radius 1 is 1.47 bits per heavy atom. The number of carbonyl (C=O) groups is 1. The topological polar surface area (TPSA) is 58.4 Å². The van der Waals surface area contributed by atoms with Crippen LogP contribution in [-0.4, -0.2) is 36.5 Å². The minimum absolute atomic E-state index is 0.00347. The second kappa shape index (κ2) is 4.31. The van der Waals surface area contributed by atoms with Crippen molar-refractivity contribution in [2.45, 2.75) is 18.9 Å². The lowest BCUT2D eigenvalue weighted by molar-refractivity contribution is 0.0623. The van der Waals surface area contributed by atoms with E-state index in [2.05, 4.69) is 10.2 Å². The summed E-state index contributed by atoms with van der Waals surface area (Å²) in [5.74, 6) is 0.654. The average molecular weight is 251 g/mol. The molecule has 1 aromatic heterocycles. The van der Waals surface area contributed by atoms with E-state index in [-0.39, 0.29) is 5.91 Å². The van der Waals surface area contributed by atoms with Crippen molar-refractivity contribution in [2.24, 2.45) is 5.92 Å². The number of nitrogen functional groups attached to an aromatic ring is 1. The van der Waals surface area contributed by atoms with Gasteiger partial charge in [-0.05, 0) is 43.3 Å². The first-order chi connectivity index (χ1) is 8.24. The molecule has 0 spiro atoms. The molecule has 4 rings (SSSR count). The number of nitrogens with two attached hydrogens (primary N) is 1. The van der Waals surface area contributed by atoms with Crippen LogP contribution in [0.3, 0.4) is 0 Å². The van der Waals surface area contributed by atoms with Crippen molar-refractivity contribution >= 4 is 22.9 Å². The van der Waals surface area contributed by atoms with Crippen LogP contribution in [0.1, 0.15) is 22.5 Å². The largest absolute Gasteiger partial charge is 0.397 e. The van der Waals surface area contributed by atoms with Gasteiger partial charge in [0.25, 0.3) is 5.91 Å². The van der Waals surface area contributed by atoms with Crippen LogP contribution in [0.2, 0.25) is 0 Å². The lowest BCUT2D eigenvalue weighted by Crippen LogP contribution is -2.57. The molecule has 0 aliphatic carbocycles. The Hall–Kier alpha value is -1.07. The summed E-state index contributed by atoms with van der Waals surface area (Å²) in [5.41, 5.74) is 6.35. The molecule has 92 valence electrons. The lowest BCUT2D eigenvalue weighted by Gasteiger charge is -2.44. The molecule has 4 heterocycles. The maximum atomic E-state index is 12.1. The summed E-state index contributed by atoms with van der Waals surface area (Å²) in [5, 5.41) is 5.01. The average Bonchev–Trinajstić information content (AvgIpc) is 2.77. The molecule has 17 heavy (non-hydrogen) atoms. The van der Waals surface area contributed by atoms with Crippen molar-refractivity contribution in [3.63, 3.8) is 0 Å². The van der Waals surface area contributed by atoms with Crippen molar-refractivity contribution in [1.29, 1.82) is 0 Å². The number of piperidine rings is 3. The third-order valence-corrected chi connectivity index (χ3v) is 4.80. The van der Waals surface area contributed by atoms with Gasteiger partial charge < -0.3 is 16.0 Å². The second-order valence-electron chi connectivity index (χ2n) is 4.92. The van der Waals surface area contributed by atoms with Crippen LogP contribution < -0.4 is 11.1 Å². The number of fused-ring (bicyclic) bond motifs is 3. The van der Waals surface area contributed by atoms with E-state index in [1.54, 1.807) is 6.07 Å². The summed E-state index contributed by atoms with van der Waals surface area (Å²) in [6.07, 6.45) is 2.43. The van der Waals surface area contributed by atoms with E-state index in [9.17, 15) is 4.79 Å². The monoisotopic (exact) mass is 251 g/mol. The normalized spacial score (nSPS) is 31.4. The van der Waals surface area contributed by atoms with E-state index in [0.29, 0.717) is 22.5 Å². The van der Waals surface area contributed by atoms with E-state index in [0.717, 1.165) is 6.54 Å². The molecule has 0 radical (unpaired) electrons. The molecular formula is C12H17N3OS. The summed E-state index contributed by atoms with van der Waals surface area (Å²) in [4.78, 5) is 15.2. The van der Waals surface area contributed by atoms with Crippen LogP contribution in [-0.2, 0) is 0 Å². The fourth-order valence-corrected chi connectivity index (χ4v) is 3.59. The molecule has 3 aliphatic rings. The molecule has 1 unspecified atom stereocenters. The second-order valence-corrected chi connectivity index (χ2v) is 5.84. The predicted octanol–water partition coefficient (Wildman–Crippen LogP) is 1.15. The van der Waals surface area contributed by atoms with Gasteiger partial charge in [0.2, 0.25) is 0 Å². The summed E-state index contributed by atoms with van der Waals surface area (Å²) >= 11 is 1.42. The van der Waals surface area contributed by atoms with Crippen LogP contribution in [0.4, 0.5) is 5.69 Å². The molecule has 3 fully saturated rings. The van der Waals surface area contributed by atoms with Crippen LogP contribution in [0.5, 0.6) is 0 Å². The third kappa shape index (κ3) is 2.05. The van der Waals surface area contributed by atoms with Gasteiger partial charge in [-0.3, -0.25) is 4.79 Å². The van der Waals surface area contributed by atoms with Crippen molar-refractivity contribution in [1.82, 2.24) is 10.2 Å². The van der Waals surface area contributed by atoms with E-state index in [1.165, 1.54) is 37.3 Å². The minimum Gasteiger partial charge on any atom is -0.397 e. The fourth-order valence-electron chi connectivity index (χ4n) is 2.87. The van der Waals surface area contributed by atoms with Crippen molar-refractivity contribution in [3.05, 3.63) is 16.3 Å². The number of nitrogens with one attached hydrogen (secondary N) is 1. The first kappa shape index (κ1) is 11.0. The molecule has 0 saturated carbocycles. The fraction of sp³-hybridized carbons (Fsp3) is 0.583. The number of hydrogen-bond donors (Lipinski definition) is 2. The zero-order chi connectivity index (χ0) is 11.8. The van der Waals surface area contributed by atoms with Crippen LogP contribution in [0, 0.1) is 5.92 Å². The van der Waals surface area contributed by atoms with E-state index < -0.39 is 0 Å². The van der Waals surface area contributed by atoms with Crippen molar-refractivity contribution < 1.29 is 4.79 Å². The molecule has 0 aromatic carbocycles. The zero-order valence-electron chi connectivity index (χ0n) is 9.69. The maximum Gasteiger partial charge on any atom is 0.263 e. The first-order valence-corrected chi connectivity index (χ1v) is 6.98. The van der Waals surface area contributed by atoms with Crippen molar-refractivity contribution in [3.8, 4) is 0 Å². The summed E-state index contributed by atoms with van der Waals surface area (Å²) < 4.78 is 0. The van der Waals surface area contributed by atoms with Gasteiger partial charge in [0.15, 0.2) is 0 Å². The SMILES string of the molecule is Nc1ccsc1C(=O)NC1CN2CCC1CC2. The van der Waals surface area contributed by atoms with Gasteiger partial charge in [0, 0.05) is 12.6 Å². The number of anilines is 1. The van der Waals surface area contributed by atoms with Gasteiger partial charge >= 0.3 is 0 Å². The lowest BCUT2D eigenvalue weighted by atomic mass is 9.84. The van der Waals surface area contributed by atoms with Crippen LogP contribution in [0.15, 0.2) is 11.4 Å². The van der Waals surface area contributed by atoms with Crippen LogP contribution >= 0.6 is 11.3 Å². The molecule has 1 aromatic rings. The van der Waals surface area contributed by atoms with E-state index in [1.807, 2.05) is 5.38 Å². The molecule has 5 heteroatoms. The van der Waals surface area contributed by atoms with Gasteiger partial charge in [0.05, 0.1) is 5.69 Å². The highest BCUT2D eigenvalue weighted by molar-refractivity contribution is 7.12. The number of rotatable bonds is 2. The van der Waals surface area contributed by atoms with Gasteiger partial charge in [-0.25, -0.2) is 0 Å².